The van der Waals surface area contributed by atoms with Gasteiger partial charge in [0.25, 0.3) is 5.91 Å². The number of likely N-dealkylation sites (tertiary alicyclic amines) is 1. The second-order valence-corrected chi connectivity index (χ2v) is 7.27. The number of urea groups is 1. The highest BCUT2D eigenvalue weighted by atomic mass is 16.5. The van der Waals surface area contributed by atoms with Crippen LogP contribution in [0.4, 0.5) is 21.9 Å². The van der Waals surface area contributed by atoms with Gasteiger partial charge in [-0.15, -0.1) is 0 Å². The summed E-state index contributed by atoms with van der Waals surface area (Å²) in [5.74, 6) is 0.210. The molecular weight excluding hydrogens is 384 g/mol. The molecule has 0 radical (unpaired) electrons. The van der Waals surface area contributed by atoms with E-state index in [9.17, 15) is 14.4 Å². The summed E-state index contributed by atoms with van der Waals surface area (Å²) in [6.45, 7) is 1.70. The van der Waals surface area contributed by atoms with E-state index in [1.165, 1.54) is 0 Å². The quantitative estimate of drug-likeness (QED) is 0.796. The molecule has 0 spiro atoms. The van der Waals surface area contributed by atoms with Crippen molar-refractivity contribution in [2.75, 3.05) is 41.8 Å². The standard InChI is InChI=1S/C22H24N4O4/c27-20(11-14-26-18-9-3-4-10-19(18)30-15-21(26)28)23-16-7-1-2-8-17(16)24-22(29)25-12-5-6-13-25/h1-4,7-10H,5-6,11-15H2,(H,23,27)(H,24,29). The molecule has 30 heavy (non-hydrogen) atoms. The molecule has 156 valence electrons. The number of ether oxygens (including phenoxy) is 1. The van der Waals surface area contributed by atoms with Crippen LogP contribution in [-0.2, 0) is 9.59 Å². The van der Waals surface area contributed by atoms with Gasteiger partial charge in [0.1, 0.15) is 5.75 Å². The molecule has 8 heteroatoms. The molecular formula is C22H24N4O4. The molecule has 2 aromatic carbocycles. The number of anilines is 3. The fourth-order valence-corrected chi connectivity index (χ4v) is 3.64. The van der Waals surface area contributed by atoms with Gasteiger partial charge in [0.15, 0.2) is 6.61 Å². The number of carbonyl (C=O) groups is 3. The Hall–Kier alpha value is -3.55. The van der Waals surface area contributed by atoms with Crippen molar-refractivity contribution in [2.45, 2.75) is 19.3 Å². The van der Waals surface area contributed by atoms with Crippen LogP contribution in [-0.4, -0.2) is 49.0 Å². The molecule has 0 unspecified atom stereocenters. The number of carbonyl (C=O) groups excluding carboxylic acids is 3. The lowest BCUT2D eigenvalue weighted by Crippen LogP contribution is -2.40. The first-order valence-corrected chi connectivity index (χ1v) is 10.1. The predicted octanol–water partition coefficient (Wildman–Crippen LogP) is 3.07. The maximum atomic E-state index is 12.6. The first-order chi connectivity index (χ1) is 14.6. The van der Waals surface area contributed by atoms with Gasteiger partial charge in [-0.1, -0.05) is 24.3 Å². The van der Waals surface area contributed by atoms with Gasteiger partial charge < -0.3 is 25.2 Å². The van der Waals surface area contributed by atoms with Gasteiger partial charge in [-0.25, -0.2) is 4.79 Å². The lowest BCUT2D eigenvalue weighted by Gasteiger charge is -2.29. The van der Waals surface area contributed by atoms with Crippen LogP contribution in [0.25, 0.3) is 0 Å². The van der Waals surface area contributed by atoms with Crippen LogP contribution in [0.1, 0.15) is 19.3 Å². The average Bonchev–Trinajstić information content (AvgIpc) is 3.29. The SMILES string of the molecule is O=C(CCN1C(=O)COc2ccccc21)Nc1ccccc1NC(=O)N1CCCC1. The van der Waals surface area contributed by atoms with E-state index < -0.39 is 0 Å². The summed E-state index contributed by atoms with van der Waals surface area (Å²) in [5, 5.41) is 5.72. The van der Waals surface area contributed by atoms with Crippen molar-refractivity contribution in [1.29, 1.82) is 0 Å². The summed E-state index contributed by atoms with van der Waals surface area (Å²) in [7, 11) is 0. The Bertz CT molecular complexity index is 956. The fraction of sp³-hybridized carbons (Fsp3) is 0.318. The van der Waals surface area contributed by atoms with Crippen molar-refractivity contribution in [3.05, 3.63) is 48.5 Å². The normalized spacial score (nSPS) is 15.4. The number of fused-ring (bicyclic) bond motifs is 1. The highest BCUT2D eigenvalue weighted by Gasteiger charge is 2.25. The summed E-state index contributed by atoms with van der Waals surface area (Å²) >= 11 is 0. The number of nitrogens with one attached hydrogen (secondary N) is 2. The van der Waals surface area contributed by atoms with Crippen molar-refractivity contribution in [2.24, 2.45) is 0 Å². The third kappa shape index (κ3) is 4.37. The van der Waals surface area contributed by atoms with E-state index in [1.54, 1.807) is 46.2 Å². The van der Waals surface area contributed by atoms with Crippen LogP contribution >= 0.6 is 0 Å². The molecule has 2 aromatic rings. The molecule has 2 aliphatic heterocycles. The maximum Gasteiger partial charge on any atom is 0.321 e. The highest BCUT2D eigenvalue weighted by Crippen LogP contribution is 2.31. The molecule has 1 fully saturated rings. The van der Waals surface area contributed by atoms with Gasteiger partial charge in [-0.2, -0.15) is 0 Å². The number of nitrogens with zero attached hydrogens (tertiary/aromatic N) is 2. The Kier molecular flexibility index (Phi) is 5.83. The van der Waals surface area contributed by atoms with Crippen molar-refractivity contribution in [3.63, 3.8) is 0 Å². The van der Waals surface area contributed by atoms with Crippen molar-refractivity contribution in [3.8, 4) is 5.75 Å². The van der Waals surface area contributed by atoms with Gasteiger partial charge in [-0.3, -0.25) is 9.59 Å². The summed E-state index contributed by atoms with van der Waals surface area (Å²) in [6, 6.07) is 14.2. The minimum absolute atomic E-state index is 0.0377. The Labute approximate surface area is 174 Å². The average molecular weight is 408 g/mol. The van der Waals surface area contributed by atoms with Crippen molar-refractivity contribution < 1.29 is 19.1 Å². The number of amides is 4. The molecule has 0 aliphatic carbocycles. The lowest BCUT2D eigenvalue weighted by molar-refractivity contribution is -0.121. The summed E-state index contributed by atoms with van der Waals surface area (Å²) in [6.07, 6.45) is 2.14. The Morgan fingerprint density at radius 3 is 2.37 bits per heavy atom. The monoisotopic (exact) mass is 408 g/mol. The topological polar surface area (TPSA) is 91.0 Å². The molecule has 8 nitrogen and oxygen atoms in total. The highest BCUT2D eigenvalue weighted by molar-refractivity contribution is 6.01. The van der Waals surface area contributed by atoms with Crippen LogP contribution < -0.4 is 20.3 Å². The predicted molar refractivity (Wildman–Crippen MR) is 114 cm³/mol. The Morgan fingerprint density at radius 1 is 0.933 bits per heavy atom. The van der Waals surface area contributed by atoms with Crippen LogP contribution in [0.3, 0.4) is 0 Å². The molecule has 1 saturated heterocycles. The smallest absolute Gasteiger partial charge is 0.321 e. The molecule has 4 rings (SSSR count). The van der Waals surface area contributed by atoms with Crippen LogP contribution in [0.5, 0.6) is 5.75 Å². The Morgan fingerprint density at radius 2 is 1.60 bits per heavy atom. The fourth-order valence-electron chi connectivity index (χ4n) is 3.64. The zero-order valence-corrected chi connectivity index (χ0v) is 16.6. The molecule has 0 saturated carbocycles. The minimum atomic E-state index is -0.241. The van der Waals surface area contributed by atoms with Gasteiger partial charge in [0.2, 0.25) is 5.91 Å². The van der Waals surface area contributed by atoms with Gasteiger partial charge in [-0.05, 0) is 37.1 Å². The molecule has 2 N–H and O–H groups in total. The first-order valence-electron chi connectivity index (χ1n) is 10.1. The van der Waals surface area contributed by atoms with Gasteiger partial charge in [0, 0.05) is 26.1 Å². The Balaban J connectivity index is 1.38. The van der Waals surface area contributed by atoms with Crippen molar-refractivity contribution >= 4 is 34.9 Å². The summed E-state index contributed by atoms with van der Waals surface area (Å²) in [5.41, 5.74) is 1.75. The number of rotatable bonds is 5. The number of benzene rings is 2. The van der Waals surface area contributed by atoms with Crippen molar-refractivity contribution in [1.82, 2.24) is 4.90 Å². The van der Waals surface area contributed by atoms with Crippen LogP contribution in [0.2, 0.25) is 0 Å². The summed E-state index contributed by atoms with van der Waals surface area (Å²) < 4.78 is 5.43. The molecule has 0 atom stereocenters. The molecule has 2 aliphatic rings. The minimum Gasteiger partial charge on any atom is -0.482 e. The molecule has 4 amide bonds. The second kappa shape index (κ2) is 8.86. The number of para-hydroxylation sites is 4. The van der Waals surface area contributed by atoms with E-state index in [4.69, 9.17) is 4.74 Å². The van der Waals surface area contributed by atoms with E-state index in [-0.39, 0.29) is 37.4 Å². The molecule has 0 bridgehead atoms. The first kappa shape index (κ1) is 19.8. The molecule has 2 heterocycles. The number of hydrogen-bond acceptors (Lipinski definition) is 4. The van der Waals surface area contributed by atoms with E-state index in [0.29, 0.717) is 22.8 Å². The van der Waals surface area contributed by atoms with Crippen LogP contribution in [0.15, 0.2) is 48.5 Å². The maximum absolute atomic E-state index is 12.6. The van der Waals surface area contributed by atoms with Gasteiger partial charge in [0.05, 0.1) is 17.1 Å². The third-order valence-electron chi connectivity index (χ3n) is 5.21. The largest absolute Gasteiger partial charge is 0.482 e. The van der Waals surface area contributed by atoms with Gasteiger partial charge >= 0.3 is 6.03 Å². The molecule has 0 aromatic heterocycles. The van der Waals surface area contributed by atoms with Crippen LogP contribution in [0, 0.1) is 0 Å². The summed E-state index contributed by atoms with van der Waals surface area (Å²) in [4.78, 5) is 40.5. The lowest BCUT2D eigenvalue weighted by atomic mass is 10.2. The van der Waals surface area contributed by atoms with E-state index in [1.807, 2.05) is 12.1 Å². The number of hydrogen-bond donors (Lipinski definition) is 2. The van der Waals surface area contributed by atoms with E-state index in [2.05, 4.69) is 10.6 Å². The van der Waals surface area contributed by atoms with E-state index >= 15 is 0 Å². The van der Waals surface area contributed by atoms with E-state index in [0.717, 1.165) is 25.9 Å². The zero-order chi connectivity index (χ0) is 20.9. The third-order valence-corrected chi connectivity index (χ3v) is 5.21. The zero-order valence-electron chi connectivity index (χ0n) is 16.6. The second-order valence-electron chi connectivity index (χ2n) is 7.27.